The Hall–Kier alpha value is -1.30. The molecule has 0 fully saturated rings. The molecule has 1 aromatic heterocycles. The van der Waals surface area contributed by atoms with E-state index in [4.69, 9.17) is 23.2 Å². The van der Waals surface area contributed by atoms with Gasteiger partial charge >= 0.3 is 0 Å². The zero-order valence-electron chi connectivity index (χ0n) is 9.90. The number of aromatic nitrogens is 1. The number of hydrogen-bond donors (Lipinski definition) is 0. The first-order valence-electron chi connectivity index (χ1n) is 5.43. The van der Waals surface area contributed by atoms with Crippen LogP contribution in [0.25, 0.3) is 0 Å². The summed E-state index contributed by atoms with van der Waals surface area (Å²) in [6.07, 6.45) is 1.49. The molecule has 0 amide bonds. The van der Waals surface area contributed by atoms with Gasteiger partial charge in [-0.25, -0.2) is 0 Å². The Balaban J connectivity index is 2.48. The molecule has 20 heavy (non-hydrogen) atoms. The summed E-state index contributed by atoms with van der Waals surface area (Å²) < 4.78 is 1.70. The van der Waals surface area contributed by atoms with Gasteiger partial charge in [-0.05, 0) is 39.7 Å². The van der Waals surface area contributed by atoms with Crippen LogP contribution in [0.3, 0.4) is 0 Å². The number of halogens is 3. The largest absolute Gasteiger partial charge is 0.545 e. The zero-order chi connectivity index (χ0) is 14.9. The summed E-state index contributed by atoms with van der Waals surface area (Å²) in [4.78, 5) is 22.9. The van der Waals surface area contributed by atoms with E-state index < -0.39 is 17.1 Å². The minimum absolute atomic E-state index is 0.133. The SMILES string of the molecule is O=C([O-])c1cc(Br)cn(Cc2ccc(Cl)cc2Cl)c1=O. The molecule has 0 aliphatic rings. The topological polar surface area (TPSA) is 62.1 Å². The summed E-state index contributed by atoms with van der Waals surface area (Å²) in [6, 6.07) is 6.08. The lowest BCUT2D eigenvalue weighted by Gasteiger charge is -2.11. The molecule has 1 heterocycles. The van der Waals surface area contributed by atoms with E-state index in [-0.39, 0.29) is 6.54 Å². The van der Waals surface area contributed by atoms with Crippen molar-refractivity contribution in [2.24, 2.45) is 0 Å². The molecule has 0 N–H and O–H groups in total. The van der Waals surface area contributed by atoms with Crippen molar-refractivity contribution in [1.82, 2.24) is 4.57 Å². The molecule has 1 aromatic carbocycles. The summed E-state index contributed by atoms with van der Waals surface area (Å²) in [5, 5.41) is 11.8. The van der Waals surface area contributed by atoms with E-state index in [2.05, 4.69) is 15.9 Å². The van der Waals surface area contributed by atoms with Gasteiger partial charge in [0.25, 0.3) is 5.56 Å². The van der Waals surface area contributed by atoms with E-state index in [1.807, 2.05) is 0 Å². The molecule has 0 spiro atoms. The molecule has 0 aliphatic carbocycles. The second-order valence-electron chi connectivity index (χ2n) is 4.03. The van der Waals surface area contributed by atoms with Crippen molar-refractivity contribution in [2.75, 3.05) is 0 Å². The highest BCUT2D eigenvalue weighted by atomic mass is 79.9. The first kappa shape index (κ1) is 15.1. The molecule has 0 aliphatic heterocycles. The maximum atomic E-state index is 12.0. The fourth-order valence-electron chi connectivity index (χ4n) is 1.70. The number of hydrogen-bond acceptors (Lipinski definition) is 3. The predicted octanol–water partition coefficient (Wildman–Crippen LogP) is 2.33. The van der Waals surface area contributed by atoms with Crippen molar-refractivity contribution in [3.63, 3.8) is 0 Å². The average Bonchev–Trinajstić information content (AvgIpc) is 2.36. The summed E-state index contributed by atoms with van der Waals surface area (Å²) in [5.41, 5.74) is -0.413. The van der Waals surface area contributed by atoms with Crippen LogP contribution in [0.2, 0.25) is 10.0 Å². The van der Waals surface area contributed by atoms with E-state index in [1.54, 1.807) is 18.2 Å². The van der Waals surface area contributed by atoms with Crippen LogP contribution in [0.15, 0.2) is 39.7 Å². The fourth-order valence-corrected chi connectivity index (χ4v) is 2.64. The second-order valence-corrected chi connectivity index (χ2v) is 5.79. The Morgan fingerprint density at radius 2 is 2.00 bits per heavy atom. The lowest BCUT2D eigenvalue weighted by Crippen LogP contribution is -2.33. The van der Waals surface area contributed by atoms with Crippen LogP contribution < -0.4 is 10.7 Å². The molecule has 4 nitrogen and oxygen atoms in total. The number of carbonyl (C=O) groups excluding carboxylic acids is 1. The van der Waals surface area contributed by atoms with Crippen molar-refractivity contribution < 1.29 is 9.90 Å². The molecule has 0 unspecified atom stereocenters. The zero-order valence-corrected chi connectivity index (χ0v) is 13.0. The van der Waals surface area contributed by atoms with Crippen molar-refractivity contribution in [2.45, 2.75) is 6.54 Å². The third kappa shape index (κ3) is 3.23. The van der Waals surface area contributed by atoms with Crippen LogP contribution in [0.4, 0.5) is 0 Å². The minimum atomic E-state index is -1.52. The predicted molar refractivity (Wildman–Crippen MR) is 78.3 cm³/mol. The first-order valence-corrected chi connectivity index (χ1v) is 6.98. The summed E-state index contributed by atoms with van der Waals surface area (Å²) in [7, 11) is 0. The van der Waals surface area contributed by atoms with E-state index in [0.717, 1.165) is 0 Å². The molecular weight excluding hydrogens is 369 g/mol. The van der Waals surface area contributed by atoms with Gasteiger partial charge in [0, 0.05) is 20.7 Å². The van der Waals surface area contributed by atoms with Gasteiger partial charge in [0.1, 0.15) is 0 Å². The van der Waals surface area contributed by atoms with Gasteiger partial charge in [-0.3, -0.25) is 4.79 Å². The van der Waals surface area contributed by atoms with Gasteiger partial charge in [-0.2, -0.15) is 0 Å². The maximum Gasteiger partial charge on any atom is 0.260 e. The molecule has 0 atom stereocenters. The Labute approximate surface area is 132 Å². The number of nitrogens with zero attached hydrogens (tertiary/aromatic N) is 1. The van der Waals surface area contributed by atoms with Crippen LogP contribution >= 0.6 is 39.1 Å². The highest BCUT2D eigenvalue weighted by Gasteiger charge is 2.09. The minimum Gasteiger partial charge on any atom is -0.545 e. The quantitative estimate of drug-likeness (QED) is 0.827. The second kappa shape index (κ2) is 5.99. The van der Waals surface area contributed by atoms with Crippen molar-refractivity contribution in [3.05, 3.63) is 66.5 Å². The van der Waals surface area contributed by atoms with Crippen molar-refractivity contribution >= 4 is 45.1 Å². The standard InChI is InChI=1S/C13H8BrCl2NO3/c14-8-3-10(13(19)20)12(18)17(6-8)5-7-1-2-9(15)4-11(7)16/h1-4,6H,5H2,(H,19,20)/p-1. The maximum absolute atomic E-state index is 12.0. The Bertz CT molecular complexity index is 743. The van der Waals surface area contributed by atoms with Crippen LogP contribution in [-0.4, -0.2) is 10.5 Å². The summed E-state index contributed by atoms with van der Waals surface area (Å²) in [6.45, 7) is 0.133. The monoisotopic (exact) mass is 374 g/mol. The molecule has 104 valence electrons. The number of aromatic carboxylic acids is 1. The molecule has 0 bridgehead atoms. The number of pyridine rings is 1. The van der Waals surface area contributed by atoms with E-state index in [1.165, 1.54) is 16.8 Å². The van der Waals surface area contributed by atoms with Gasteiger partial charge in [0.2, 0.25) is 0 Å². The molecule has 0 radical (unpaired) electrons. The van der Waals surface area contributed by atoms with Crippen LogP contribution in [0.1, 0.15) is 15.9 Å². The summed E-state index contributed by atoms with van der Waals surface area (Å²) >= 11 is 15.0. The Morgan fingerprint density at radius 1 is 1.30 bits per heavy atom. The lowest BCUT2D eigenvalue weighted by molar-refractivity contribution is -0.255. The molecule has 2 rings (SSSR count). The van der Waals surface area contributed by atoms with Crippen LogP contribution in [-0.2, 0) is 6.54 Å². The average molecular weight is 376 g/mol. The van der Waals surface area contributed by atoms with Gasteiger partial charge in [-0.1, -0.05) is 29.3 Å². The van der Waals surface area contributed by atoms with E-state index in [9.17, 15) is 14.7 Å². The Kier molecular flexibility index (Phi) is 4.52. The number of carboxylic acids is 1. The smallest absolute Gasteiger partial charge is 0.260 e. The molecule has 7 heteroatoms. The highest BCUT2D eigenvalue weighted by Crippen LogP contribution is 2.21. The fraction of sp³-hybridized carbons (Fsp3) is 0.0769. The van der Waals surface area contributed by atoms with E-state index >= 15 is 0 Å². The highest BCUT2D eigenvalue weighted by molar-refractivity contribution is 9.10. The molecular formula is C13H7BrCl2NO3-. The van der Waals surface area contributed by atoms with Crippen LogP contribution in [0, 0.1) is 0 Å². The van der Waals surface area contributed by atoms with Gasteiger partial charge in [-0.15, -0.1) is 0 Å². The summed E-state index contributed by atoms with van der Waals surface area (Å²) in [5.74, 6) is -1.52. The first-order chi connectivity index (χ1) is 9.38. The van der Waals surface area contributed by atoms with Gasteiger partial charge < -0.3 is 14.5 Å². The van der Waals surface area contributed by atoms with Crippen LogP contribution in [0.5, 0.6) is 0 Å². The third-order valence-electron chi connectivity index (χ3n) is 2.63. The van der Waals surface area contributed by atoms with Gasteiger partial charge in [0.15, 0.2) is 0 Å². The number of benzene rings is 1. The van der Waals surface area contributed by atoms with Crippen molar-refractivity contribution in [1.29, 1.82) is 0 Å². The van der Waals surface area contributed by atoms with Crippen molar-refractivity contribution in [3.8, 4) is 0 Å². The number of carbonyl (C=O) groups is 1. The van der Waals surface area contributed by atoms with E-state index in [0.29, 0.717) is 20.1 Å². The third-order valence-corrected chi connectivity index (χ3v) is 3.65. The number of rotatable bonds is 3. The molecule has 0 saturated carbocycles. The normalized spacial score (nSPS) is 10.6. The number of carboxylic acid groups (broad SMARTS) is 1. The Morgan fingerprint density at radius 3 is 2.60 bits per heavy atom. The lowest BCUT2D eigenvalue weighted by atomic mass is 10.2. The molecule has 0 saturated heterocycles. The van der Waals surface area contributed by atoms with Gasteiger partial charge in [0.05, 0.1) is 18.1 Å². The molecule has 2 aromatic rings.